The van der Waals surface area contributed by atoms with Gasteiger partial charge in [-0.1, -0.05) is 18.2 Å². The Morgan fingerprint density at radius 1 is 1.47 bits per heavy atom. The number of ether oxygens (including phenoxy) is 1. The molecule has 17 heavy (non-hydrogen) atoms. The van der Waals surface area contributed by atoms with Crippen LogP contribution >= 0.6 is 0 Å². The molecule has 3 nitrogen and oxygen atoms in total. The van der Waals surface area contributed by atoms with Crippen LogP contribution in [0.4, 0.5) is 0 Å². The van der Waals surface area contributed by atoms with E-state index in [0.717, 1.165) is 25.3 Å². The van der Waals surface area contributed by atoms with Crippen LogP contribution in [0.1, 0.15) is 23.6 Å². The average molecular weight is 234 g/mol. The molecular formula is C14H22N2O. The molecule has 2 N–H and O–H groups in total. The van der Waals surface area contributed by atoms with Crippen LogP contribution in [0.3, 0.4) is 0 Å². The van der Waals surface area contributed by atoms with Gasteiger partial charge < -0.3 is 10.5 Å². The van der Waals surface area contributed by atoms with E-state index in [2.05, 4.69) is 37.1 Å². The number of likely N-dealkylation sites (tertiary alicyclic amines) is 1. The summed E-state index contributed by atoms with van der Waals surface area (Å²) in [5.41, 5.74) is 8.28. The summed E-state index contributed by atoms with van der Waals surface area (Å²) >= 11 is 0. The van der Waals surface area contributed by atoms with Crippen molar-refractivity contribution in [3.8, 4) is 5.75 Å². The summed E-state index contributed by atoms with van der Waals surface area (Å²) in [7, 11) is 3.92. The standard InChI is InChI=1S/C14H22N2O/c1-10-5-4-6-12(14(10)17-3)13-7-11(8-15)9-16(13)2/h4-6,11,13H,7-9,15H2,1-3H3. The Bertz CT molecular complexity index is 392. The number of hydrogen-bond acceptors (Lipinski definition) is 3. The van der Waals surface area contributed by atoms with E-state index in [1.165, 1.54) is 11.1 Å². The van der Waals surface area contributed by atoms with E-state index in [4.69, 9.17) is 10.5 Å². The number of aryl methyl sites for hydroxylation is 1. The first-order valence-electron chi connectivity index (χ1n) is 6.21. The van der Waals surface area contributed by atoms with Gasteiger partial charge >= 0.3 is 0 Å². The number of nitrogens with zero attached hydrogens (tertiary/aromatic N) is 1. The van der Waals surface area contributed by atoms with Crippen LogP contribution in [0.5, 0.6) is 5.75 Å². The second-order valence-corrected chi connectivity index (χ2v) is 4.99. The number of hydrogen-bond donors (Lipinski definition) is 1. The fraction of sp³-hybridized carbons (Fsp3) is 0.571. The van der Waals surface area contributed by atoms with Crippen molar-refractivity contribution < 1.29 is 4.74 Å². The molecule has 3 heteroatoms. The molecule has 0 bridgehead atoms. The maximum atomic E-state index is 5.78. The molecule has 1 aliphatic heterocycles. The highest BCUT2D eigenvalue weighted by Gasteiger charge is 2.31. The molecule has 2 atom stereocenters. The Kier molecular flexibility index (Phi) is 3.69. The van der Waals surface area contributed by atoms with E-state index >= 15 is 0 Å². The molecular weight excluding hydrogens is 212 g/mol. The Labute approximate surface area is 104 Å². The topological polar surface area (TPSA) is 38.5 Å². The third kappa shape index (κ3) is 2.31. The Morgan fingerprint density at radius 3 is 2.82 bits per heavy atom. The lowest BCUT2D eigenvalue weighted by molar-refractivity contribution is 0.302. The average Bonchev–Trinajstić information content (AvgIpc) is 2.70. The summed E-state index contributed by atoms with van der Waals surface area (Å²) in [5, 5.41) is 0. The Morgan fingerprint density at radius 2 is 2.24 bits per heavy atom. The zero-order chi connectivity index (χ0) is 12.4. The highest BCUT2D eigenvalue weighted by Crippen LogP contribution is 2.39. The summed E-state index contributed by atoms with van der Waals surface area (Å²) < 4.78 is 5.55. The van der Waals surface area contributed by atoms with Gasteiger partial charge in [-0.15, -0.1) is 0 Å². The fourth-order valence-electron chi connectivity index (χ4n) is 2.86. The molecule has 0 radical (unpaired) electrons. The molecule has 1 aromatic carbocycles. The Balaban J connectivity index is 2.31. The zero-order valence-electron chi connectivity index (χ0n) is 10.9. The lowest BCUT2D eigenvalue weighted by Gasteiger charge is -2.22. The second kappa shape index (κ2) is 5.07. The summed E-state index contributed by atoms with van der Waals surface area (Å²) in [5.74, 6) is 1.64. The molecule has 1 heterocycles. The first kappa shape index (κ1) is 12.4. The highest BCUT2D eigenvalue weighted by molar-refractivity contribution is 5.43. The number of methoxy groups -OCH3 is 1. The lowest BCUT2D eigenvalue weighted by atomic mass is 9.97. The van der Waals surface area contributed by atoms with E-state index in [0.29, 0.717) is 12.0 Å². The van der Waals surface area contributed by atoms with Gasteiger partial charge in [-0.05, 0) is 38.4 Å². The molecule has 1 fully saturated rings. The molecule has 1 saturated heterocycles. The van der Waals surface area contributed by atoms with Crippen LogP contribution in [0, 0.1) is 12.8 Å². The Hall–Kier alpha value is -1.06. The molecule has 2 rings (SSSR count). The molecule has 0 saturated carbocycles. The molecule has 1 aliphatic rings. The zero-order valence-corrected chi connectivity index (χ0v) is 10.9. The number of nitrogens with two attached hydrogens (primary N) is 1. The molecule has 0 aromatic heterocycles. The molecule has 2 unspecified atom stereocenters. The van der Waals surface area contributed by atoms with Crippen molar-refractivity contribution in [2.45, 2.75) is 19.4 Å². The summed E-state index contributed by atoms with van der Waals surface area (Å²) in [4.78, 5) is 2.38. The number of para-hydroxylation sites is 1. The van der Waals surface area contributed by atoms with E-state index < -0.39 is 0 Å². The van der Waals surface area contributed by atoms with Gasteiger partial charge in [-0.25, -0.2) is 0 Å². The third-order valence-corrected chi connectivity index (χ3v) is 3.77. The van der Waals surface area contributed by atoms with Crippen LogP contribution < -0.4 is 10.5 Å². The molecule has 0 spiro atoms. The molecule has 0 aliphatic carbocycles. The van der Waals surface area contributed by atoms with Gasteiger partial charge in [-0.2, -0.15) is 0 Å². The van der Waals surface area contributed by atoms with Gasteiger partial charge in [0.25, 0.3) is 0 Å². The number of rotatable bonds is 3. The number of benzene rings is 1. The molecule has 1 aromatic rings. The summed E-state index contributed by atoms with van der Waals surface area (Å²) in [6.45, 7) is 3.95. The minimum atomic E-state index is 0.443. The van der Waals surface area contributed by atoms with Crippen molar-refractivity contribution in [2.75, 3.05) is 27.2 Å². The van der Waals surface area contributed by atoms with Crippen LogP contribution in [-0.2, 0) is 0 Å². The van der Waals surface area contributed by atoms with Crippen LogP contribution in [-0.4, -0.2) is 32.1 Å². The van der Waals surface area contributed by atoms with Gasteiger partial charge in [0.1, 0.15) is 5.75 Å². The molecule has 94 valence electrons. The van der Waals surface area contributed by atoms with E-state index in [9.17, 15) is 0 Å². The molecule has 0 amide bonds. The first-order valence-corrected chi connectivity index (χ1v) is 6.21. The predicted octanol–water partition coefficient (Wildman–Crippen LogP) is 1.96. The smallest absolute Gasteiger partial charge is 0.126 e. The minimum Gasteiger partial charge on any atom is -0.496 e. The van der Waals surface area contributed by atoms with Crippen LogP contribution in [0.15, 0.2) is 18.2 Å². The van der Waals surface area contributed by atoms with Gasteiger partial charge in [0.2, 0.25) is 0 Å². The van der Waals surface area contributed by atoms with Gasteiger partial charge in [0.15, 0.2) is 0 Å². The third-order valence-electron chi connectivity index (χ3n) is 3.77. The normalized spacial score (nSPS) is 25.2. The lowest BCUT2D eigenvalue weighted by Crippen LogP contribution is -2.21. The summed E-state index contributed by atoms with van der Waals surface area (Å²) in [6, 6.07) is 6.82. The van der Waals surface area contributed by atoms with Crippen molar-refractivity contribution >= 4 is 0 Å². The maximum Gasteiger partial charge on any atom is 0.126 e. The van der Waals surface area contributed by atoms with Crippen LogP contribution in [0.25, 0.3) is 0 Å². The van der Waals surface area contributed by atoms with Crippen molar-refractivity contribution in [1.82, 2.24) is 4.90 Å². The highest BCUT2D eigenvalue weighted by atomic mass is 16.5. The van der Waals surface area contributed by atoms with Crippen LogP contribution in [0.2, 0.25) is 0 Å². The van der Waals surface area contributed by atoms with Gasteiger partial charge in [-0.3, -0.25) is 4.90 Å². The first-order chi connectivity index (χ1) is 8.17. The van der Waals surface area contributed by atoms with Crippen molar-refractivity contribution in [3.05, 3.63) is 29.3 Å². The minimum absolute atomic E-state index is 0.443. The predicted molar refractivity (Wildman–Crippen MR) is 70.3 cm³/mol. The van der Waals surface area contributed by atoms with E-state index in [1.807, 2.05) is 0 Å². The summed E-state index contributed by atoms with van der Waals surface area (Å²) in [6.07, 6.45) is 1.13. The fourth-order valence-corrected chi connectivity index (χ4v) is 2.86. The van der Waals surface area contributed by atoms with Gasteiger partial charge in [0.05, 0.1) is 7.11 Å². The monoisotopic (exact) mass is 234 g/mol. The maximum absolute atomic E-state index is 5.78. The van der Waals surface area contributed by atoms with Crippen molar-refractivity contribution in [3.63, 3.8) is 0 Å². The largest absolute Gasteiger partial charge is 0.496 e. The van der Waals surface area contributed by atoms with Gasteiger partial charge in [0, 0.05) is 18.2 Å². The second-order valence-electron chi connectivity index (χ2n) is 4.99. The van der Waals surface area contributed by atoms with E-state index in [-0.39, 0.29) is 0 Å². The SMILES string of the molecule is COc1c(C)cccc1C1CC(CN)CN1C. The van der Waals surface area contributed by atoms with Crippen molar-refractivity contribution in [2.24, 2.45) is 11.7 Å². The van der Waals surface area contributed by atoms with Crippen molar-refractivity contribution in [1.29, 1.82) is 0 Å². The quantitative estimate of drug-likeness (QED) is 0.869. The van der Waals surface area contributed by atoms with E-state index in [1.54, 1.807) is 7.11 Å².